The number of aryl methyl sites for hydroxylation is 1. The van der Waals surface area contributed by atoms with Crippen molar-refractivity contribution in [1.29, 1.82) is 0 Å². The predicted molar refractivity (Wildman–Crippen MR) is 110 cm³/mol. The SMILES string of the molecule is Cc1ccc(S(=O)(=O)n2cc3c4c(ccnc42)CN(C(C(=O)O)C(C)C)C3=O)cc1. The van der Waals surface area contributed by atoms with Gasteiger partial charge < -0.3 is 10.0 Å². The molecule has 8 nitrogen and oxygen atoms in total. The van der Waals surface area contributed by atoms with Gasteiger partial charge in [-0.3, -0.25) is 4.79 Å². The van der Waals surface area contributed by atoms with Crippen molar-refractivity contribution in [2.45, 2.75) is 38.3 Å². The fraction of sp³-hybridized carbons (Fsp3) is 0.286. The monoisotopic (exact) mass is 427 g/mol. The largest absolute Gasteiger partial charge is 0.480 e. The summed E-state index contributed by atoms with van der Waals surface area (Å²) in [6.45, 7) is 5.40. The number of carbonyl (C=O) groups is 2. The second-order valence-electron chi connectivity index (χ2n) is 7.79. The molecule has 0 bridgehead atoms. The molecule has 1 N–H and O–H groups in total. The lowest BCUT2D eigenvalue weighted by molar-refractivity contribution is -0.144. The Labute approximate surface area is 173 Å². The molecule has 1 unspecified atom stereocenters. The maximum absolute atomic E-state index is 13.3. The average molecular weight is 427 g/mol. The van der Waals surface area contributed by atoms with Crippen molar-refractivity contribution in [3.05, 3.63) is 59.4 Å². The van der Waals surface area contributed by atoms with Crippen molar-refractivity contribution < 1.29 is 23.1 Å². The minimum Gasteiger partial charge on any atom is -0.480 e. The van der Waals surface area contributed by atoms with Crippen LogP contribution in [0, 0.1) is 12.8 Å². The topological polar surface area (TPSA) is 110 Å². The van der Waals surface area contributed by atoms with Gasteiger partial charge in [0.25, 0.3) is 15.9 Å². The summed E-state index contributed by atoms with van der Waals surface area (Å²) < 4.78 is 27.5. The number of hydrogen-bond acceptors (Lipinski definition) is 5. The van der Waals surface area contributed by atoms with Crippen LogP contribution in [-0.4, -0.2) is 45.3 Å². The average Bonchev–Trinajstić information content (AvgIpc) is 3.08. The Bertz CT molecular complexity index is 1280. The van der Waals surface area contributed by atoms with Crippen LogP contribution in [0.4, 0.5) is 0 Å². The highest BCUT2D eigenvalue weighted by Gasteiger charge is 2.39. The van der Waals surface area contributed by atoms with Crippen LogP contribution in [0.3, 0.4) is 0 Å². The molecule has 0 spiro atoms. The molecule has 0 saturated heterocycles. The van der Waals surface area contributed by atoms with Crippen molar-refractivity contribution >= 4 is 32.9 Å². The first-order valence-electron chi connectivity index (χ1n) is 9.48. The van der Waals surface area contributed by atoms with E-state index in [9.17, 15) is 23.1 Å². The number of rotatable bonds is 5. The number of carbonyl (C=O) groups excluding carboxylic acids is 1. The Hall–Kier alpha value is -3.20. The molecule has 156 valence electrons. The van der Waals surface area contributed by atoms with Crippen molar-refractivity contribution in [3.63, 3.8) is 0 Å². The number of aromatic nitrogens is 2. The standard InChI is InChI=1S/C21H21N3O5S/c1-12(2)18(21(26)27)23-10-14-8-9-22-19-17(14)16(20(23)25)11-24(19)30(28,29)15-6-4-13(3)5-7-15/h4-9,11-12,18H,10H2,1-3H3,(H,26,27). The predicted octanol–water partition coefficient (Wildman–Crippen LogP) is 2.65. The number of benzene rings is 1. The lowest BCUT2D eigenvalue weighted by Gasteiger charge is -2.34. The van der Waals surface area contributed by atoms with Gasteiger partial charge >= 0.3 is 5.97 Å². The van der Waals surface area contributed by atoms with E-state index in [4.69, 9.17) is 0 Å². The smallest absolute Gasteiger partial charge is 0.326 e. The maximum Gasteiger partial charge on any atom is 0.326 e. The van der Waals surface area contributed by atoms with E-state index < -0.39 is 27.9 Å². The number of carboxylic acids is 1. The van der Waals surface area contributed by atoms with Crippen molar-refractivity contribution in [2.75, 3.05) is 0 Å². The summed E-state index contributed by atoms with van der Waals surface area (Å²) in [5.74, 6) is -1.93. The quantitative estimate of drug-likeness (QED) is 0.670. The Kier molecular flexibility index (Phi) is 4.65. The van der Waals surface area contributed by atoms with Gasteiger partial charge in [0, 0.05) is 24.3 Å². The van der Waals surface area contributed by atoms with Crippen molar-refractivity contribution in [2.24, 2.45) is 5.92 Å². The zero-order valence-electron chi connectivity index (χ0n) is 16.7. The van der Waals surface area contributed by atoms with Gasteiger partial charge in [-0.15, -0.1) is 0 Å². The molecule has 0 fully saturated rings. The third-order valence-corrected chi connectivity index (χ3v) is 7.04. The van der Waals surface area contributed by atoms with E-state index in [-0.39, 0.29) is 28.6 Å². The number of hydrogen-bond donors (Lipinski definition) is 1. The van der Waals surface area contributed by atoms with Gasteiger partial charge in [-0.25, -0.2) is 22.2 Å². The van der Waals surface area contributed by atoms with Gasteiger partial charge in [0.1, 0.15) is 6.04 Å². The molecule has 1 amide bonds. The van der Waals surface area contributed by atoms with Crippen molar-refractivity contribution in [3.8, 4) is 0 Å². The molecule has 1 aliphatic heterocycles. The summed E-state index contributed by atoms with van der Waals surface area (Å²) in [6.07, 6.45) is 2.73. The molecule has 0 saturated carbocycles. The molecule has 9 heteroatoms. The van der Waals surface area contributed by atoms with Crippen LogP contribution >= 0.6 is 0 Å². The van der Waals surface area contributed by atoms with Crippen LogP contribution in [0.2, 0.25) is 0 Å². The fourth-order valence-corrected chi connectivity index (χ4v) is 5.22. The summed E-state index contributed by atoms with van der Waals surface area (Å²) >= 11 is 0. The zero-order chi connectivity index (χ0) is 21.8. The number of nitrogens with zero attached hydrogens (tertiary/aromatic N) is 3. The van der Waals surface area contributed by atoms with Crippen LogP contribution in [0.1, 0.15) is 35.3 Å². The lowest BCUT2D eigenvalue weighted by Crippen LogP contribution is -2.48. The fourth-order valence-electron chi connectivity index (χ4n) is 3.91. The Morgan fingerprint density at radius 2 is 1.83 bits per heavy atom. The Balaban J connectivity index is 1.90. The van der Waals surface area contributed by atoms with Gasteiger partial charge in [-0.2, -0.15) is 0 Å². The van der Waals surface area contributed by atoms with E-state index in [2.05, 4.69) is 4.98 Å². The molecule has 3 heterocycles. The highest BCUT2D eigenvalue weighted by atomic mass is 32.2. The van der Waals surface area contributed by atoms with E-state index in [1.807, 2.05) is 6.92 Å². The summed E-state index contributed by atoms with van der Waals surface area (Å²) in [4.78, 5) is 30.6. The maximum atomic E-state index is 13.3. The van der Waals surface area contributed by atoms with Gasteiger partial charge in [0.15, 0.2) is 5.65 Å². The van der Waals surface area contributed by atoms with Gasteiger partial charge in [0.05, 0.1) is 10.5 Å². The molecule has 1 aromatic carbocycles. The van der Waals surface area contributed by atoms with E-state index in [0.29, 0.717) is 10.9 Å². The summed E-state index contributed by atoms with van der Waals surface area (Å²) in [6, 6.07) is 7.08. The molecular formula is C21H21N3O5S. The van der Waals surface area contributed by atoms with E-state index in [1.54, 1.807) is 32.0 Å². The van der Waals surface area contributed by atoms with E-state index >= 15 is 0 Å². The van der Waals surface area contributed by atoms with Crippen LogP contribution in [0.15, 0.2) is 47.6 Å². The van der Waals surface area contributed by atoms with E-state index in [0.717, 1.165) is 9.54 Å². The molecule has 3 aromatic rings. The first kappa shape index (κ1) is 20.1. The highest BCUT2D eigenvalue weighted by Crippen LogP contribution is 2.34. The van der Waals surface area contributed by atoms with Crippen LogP contribution in [0.25, 0.3) is 11.0 Å². The molecular weight excluding hydrogens is 406 g/mol. The third-order valence-electron chi connectivity index (χ3n) is 5.37. The third kappa shape index (κ3) is 2.97. The minimum atomic E-state index is -3.99. The van der Waals surface area contributed by atoms with Gasteiger partial charge in [-0.1, -0.05) is 31.5 Å². The van der Waals surface area contributed by atoms with Crippen LogP contribution in [0.5, 0.6) is 0 Å². The molecule has 1 atom stereocenters. The Morgan fingerprint density at radius 3 is 2.43 bits per heavy atom. The summed E-state index contributed by atoms with van der Waals surface area (Å²) in [7, 11) is -3.99. The lowest BCUT2D eigenvalue weighted by atomic mass is 9.96. The number of pyridine rings is 1. The first-order chi connectivity index (χ1) is 14.1. The minimum absolute atomic E-state index is 0.0780. The first-order valence-corrected chi connectivity index (χ1v) is 10.9. The van der Waals surface area contributed by atoms with Gasteiger partial charge in [-0.05, 0) is 36.6 Å². The van der Waals surface area contributed by atoms with Gasteiger partial charge in [0.2, 0.25) is 0 Å². The van der Waals surface area contributed by atoms with Crippen LogP contribution in [-0.2, 0) is 21.4 Å². The molecule has 2 aromatic heterocycles. The number of carboxylic acid groups (broad SMARTS) is 1. The summed E-state index contributed by atoms with van der Waals surface area (Å²) in [5.41, 5.74) is 1.89. The molecule has 4 rings (SSSR count). The highest BCUT2D eigenvalue weighted by molar-refractivity contribution is 7.90. The molecule has 0 aliphatic carbocycles. The van der Waals surface area contributed by atoms with E-state index in [1.165, 1.54) is 29.4 Å². The number of aliphatic carboxylic acids is 1. The molecule has 30 heavy (non-hydrogen) atoms. The molecule has 1 aliphatic rings. The normalized spacial score (nSPS) is 15.1. The second-order valence-corrected chi connectivity index (χ2v) is 9.60. The Morgan fingerprint density at radius 1 is 1.17 bits per heavy atom. The molecule has 0 radical (unpaired) electrons. The van der Waals surface area contributed by atoms with Crippen LogP contribution < -0.4 is 0 Å². The summed E-state index contributed by atoms with van der Waals surface area (Å²) in [5, 5.41) is 10.1. The number of amides is 1. The van der Waals surface area contributed by atoms with Crippen molar-refractivity contribution in [1.82, 2.24) is 13.9 Å². The second kappa shape index (κ2) is 6.94. The zero-order valence-corrected chi connectivity index (χ0v) is 17.5.